The van der Waals surface area contributed by atoms with E-state index in [0.717, 1.165) is 16.9 Å². The molecule has 4 nitrogen and oxygen atoms in total. The molecule has 0 aliphatic carbocycles. The van der Waals surface area contributed by atoms with Crippen molar-refractivity contribution in [3.05, 3.63) is 29.3 Å². The molecule has 2 unspecified atom stereocenters. The van der Waals surface area contributed by atoms with E-state index in [2.05, 4.69) is 5.32 Å². The molecule has 0 radical (unpaired) electrons. The van der Waals surface area contributed by atoms with Gasteiger partial charge in [-0.1, -0.05) is 12.1 Å². The largest absolute Gasteiger partial charge is 0.481 e. The van der Waals surface area contributed by atoms with Crippen LogP contribution in [0.3, 0.4) is 0 Å². The second-order valence-corrected chi connectivity index (χ2v) is 4.47. The van der Waals surface area contributed by atoms with Crippen molar-refractivity contribution in [3.8, 4) is 5.75 Å². The fourth-order valence-electron chi connectivity index (χ4n) is 1.65. The van der Waals surface area contributed by atoms with Crippen molar-refractivity contribution >= 4 is 5.91 Å². The van der Waals surface area contributed by atoms with Crippen LogP contribution in [0.5, 0.6) is 5.75 Å². The molecule has 1 amide bonds. The molecule has 1 aromatic rings. The number of nitrogens with one attached hydrogen (secondary N) is 1. The maximum Gasteiger partial charge on any atom is 0.260 e. The number of ether oxygens (including phenoxy) is 1. The quantitative estimate of drug-likeness (QED) is 0.839. The van der Waals surface area contributed by atoms with Gasteiger partial charge < -0.3 is 15.8 Å². The first-order valence-corrected chi connectivity index (χ1v) is 6.26. The topological polar surface area (TPSA) is 64.3 Å². The van der Waals surface area contributed by atoms with Gasteiger partial charge in [-0.25, -0.2) is 0 Å². The monoisotopic (exact) mass is 250 g/mol. The predicted molar refractivity (Wildman–Crippen MR) is 72.6 cm³/mol. The molecule has 4 heteroatoms. The van der Waals surface area contributed by atoms with E-state index in [1.54, 1.807) is 6.92 Å². The fraction of sp³-hybridized carbons (Fsp3) is 0.500. The molecule has 0 saturated carbocycles. The molecule has 0 saturated heterocycles. The number of amides is 1. The van der Waals surface area contributed by atoms with Crippen molar-refractivity contribution in [3.63, 3.8) is 0 Å². The van der Waals surface area contributed by atoms with Crippen molar-refractivity contribution in [2.75, 3.05) is 6.54 Å². The molecule has 0 bridgehead atoms. The lowest BCUT2D eigenvalue weighted by Crippen LogP contribution is -2.36. The Hall–Kier alpha value is -1.55. The minimum Gasteiger partial charge on any atom is -0.481 e. The number of benzene rings is 1. The van der Waals surface area contributed by atoms with Crippen molar-refractivity contribution in [1.29, 1.82) is 0 Å². The number of nitrogens with two attached hydrogens (primary N) is 1. The summed E-state index contributed by atoms with van der Waals surface area (Å²) in [5.74, 6) is 0.617. The first kappa shape index (κ1) is 14.5. The third kappa shape index (κ3) is 3.74. The van der Waals surface area contributed by atoms with Crippen LogP contribution in [0, 0.1) is 6.92 Å². The van der Waals surface area contributed by atoms with Gasteiger partial charge in [0.15, 0.2) is 6.10 Å². The summed E-state index contributed by atoms with van der Waals surface area (Å²) in [6, 6.07) is 5.78. The standard InChI is InChI=1S/C14H22N2O2/c1-5-16-14(17)11(4)18-13-7-6-12(10(3)15)8-9(13)2/h6-8,10-11H,5,15H2,1-4H3,(H,16,17). The van der Waals surface area contributed by atoms with Gasteiger partial charge in [-0.3, -0.25) is 4.79 Å². The number of carbonyl (C=O) groups excluding carboxylic acids is 1. The van der Waals surface area contributed by atoms with Gasteiger partial charge in [0.2, 0.25) is 0 Å². The number of carbonyl (C=O) groups is 1. The van der Waals surface area contributed by atoms with Gasteiger partial charge in [-0.15, -0.1) is 0 Å². The molecule has 1 rings (SSSR count). The highest BCUT2D eigenvalue weighted by Gasteiger charge is 2.14. The summed E-state index contributed by atoms with van der Waals surface area (Å²) in [5, 5.41) is 2.73. The Morgan fingerprint density at radius 3 is 2.61 bits per heavy atom. The minimum absolute atomic E-state index is 0.00133. The number of hydrogen-bond donors (Lipinski definition) is 2. The third-order valence-corrected chi connectivity index (χ3v) is 2.75. The Morgan fingerprint density at radius 2 is 2.11 bits per heavy atom. The summed E-state index contributed by atoms with van der Waals surface area (Å²) in [4.78, 5) is 11.6. The second kappa shape index (κ2) is 6.40. The van der Waals surface area contributed by atoms with Crippen molar-refractivity contribution < 1.29 is 9.53 Å². The Balaban J connectivity index is 2.76. The van der Waals surface area contributed by atoms with E-state index in [9.17, 15) is 4.79 Å². The molecular formula is C14H22N2O2. The van der Waals surface area contributed by atoms with Crippen LogP contribution in [0.2, 0.25) is 0 Å². The molecule has 0 aromatic heterocycles. The zero-order valence-corrected chi connectivity index (χ0v) is 11.5. The molecule has 0 aliphatic rings. The summed E-state index contributed by atoms with van der Waals surface area (Å²) in [7, 11) is 0. The highest BCUT2D eigenvalue weighted by molar-refractivity contribution is 5.80. The van der Waals surface area contributed by atoms with Crippen LogP contribution in [-0.2, 0) is 4.79 Å². The lowest BCUT2D eigenvalue weighted by molar-refractivity contribution is -0.127. The average Bonchev–Trinajstić information content (AvgIpc) is 2.31. The molecular weight excluding hydrogens is 228 g/mol. The van der Waals surface area contributed by atoms with E-state index < -0.39 is 6.10 Å². The lowest BCUT2D eigenvalue weighted by Gasteiger charge is -2.17. The van der Waals surface area contributed by atoms with Crippen LogP contribution in [0.1, 0.15) is 37.9 Å². The smallest absolute Gasteiger partial charge is 0.260 e. The first-order chi connectivity index (χ1) is 8.45. The van der Waals surface area contributed by atoms with E-state index in [1.165, 1.54) is 0 Å². The maximum atomic E-state index is 11.6. The lowest BCUT2D eigenvalue weighted by atomic mass is 10.1. The highest BCUT2D eigenvalue weighted by atomic mass is 16.5. The average molecular weight is 250 g/mol. The van der Waals surface area contributed by atoms with Crippen molar-refractivity contribution in [1.82, 2.24) is 5.32 Å². The summed E-state index contributed by atoms with van der Waals surface area (Å²) >= 11 is 0. The van der Waals surface area contributed by atoms with E-state index >= 15 is 0 Å². The first-order valence-electron chi connectivity index (χ1n) is 6.26. The predicted octanol–water partition coefficient (Wildman–Crippen LogP) is 1.92. The molecule has 2 atom stereocenters. The van der Waals surface area contributed by atoms with Gasteiger partial charge >= 0.3 is 0 Å². The fourth-order valence-corrected chi connectivity index (χ4v) is 1.65. The second-order valence-electron chi connectivity index (χ2n) is 4.47. The Morgan fingerprint density at radius 1 is 1.44 bits per heavy atom. The molecule has 3 N–H and O–H groups in total. The van der Waals surface area contributed by atoms with E-state index in [1.807, 2.05) is 39.0 Å². The van der Waals surface area contributed by atoms with E-state index in [-0.39, 0.29) is 11.9 Å². The van der Waals surface area contributed by atoms with Crippen LogP contribution in [0.15, 0.2) is 18.2 Å². The van der Waals surface area contributed by atoms with Gasteiger partial charge in [0.25, 0.3) is 5.91 Å². The number of rotatable bonds is 5. The van der Waals surface area contributed by atoms with Crippen LogP contribution in [0.4, 0.5) is 0 Å². The van der Waals surface area contributed by atoms with Crippen LogP contribution < -0.4 is 15.8 Å². The molecule has 0 aliphatic heterocycles. The summed E-state index contributed by atoms with van der Waals surface area (Å²) in [5.41, 5.74) is 7.86. The van der Waals surface area contributed by atoms with Crippen LogP contribution in [-0.4, -0.2) is 18.6 Å². The number of likely N-dealkylation sites (N-methyl/N-ethyl adjacent to an activating group) is 1. The highest BCUT2D eigenvalue weighted by Crippen LogP contribution is 2.22. The summed E-state index contributed by atoms with van der Waals surface area (Å²) in [6.07, 6.45) is -0.496. The SMILES string of the molecule is CCNC(=O)C(C)Oc1ccc(C(C)N)cc1C. The van der Waals surface area contributed by atoms with Crippen molar-refractivity contribution in [2.24, 2.45) is 5.73 Å². The zero-order chi connectivity index (χ0) is 13.7. The van der Waals surface area contributed by atoms with E-state index in [4.69, 9.17) is 10.5 Å². The summed E-state index contributed by atoms with van der Waals surface area (Å²) < 4.78 is 5.64. The normalized spacial score (nSPS) is 13.8. The van der Waals surface area contributed by atoms with Gasteiger partial charge in [0.05, 0.1) is 0 Å². The Kier molecular flexibility index (Phi) is 5.16. The molecule has 100 valence electrons. The van der Waals surface area contributed by atoms with Gasteiger partial charge in [-0.05, 0) is 44.9 Å². The molecule has 0 fully saturated rings. The Labute approximate surface area is 109 Å². The molecule has 18 heavy (non-hydrogen) atoms. The Bertz CT molecular complexity index is 416. The van der Waals surface area contributed by atoms with Crippen LogP contribution in [0.25, 0.3) is 0 Å². The third-order valence-electron chi connectivity index (χ3n) is 2.75. The maximum absolute atomic E-state index is 11.6. The molecule has 1 aromatic carbocycles. The van der Waals surface area contributed by atoms with Gasteiger partial charge in [-0.2, -0.15) is 0 Å². The minimum atomic E-state index is -0.496. The van der Waals surface area contributed by atoms with Crippen molar-refractivity contribution in [2.45, 2.75) is 39.8 Å². The van der Waals surface area contributed by atoms with Gasteiger partial charge in [0.1, 0.15) is 5.75 Å². The number of hydrogen-bond acceptors (Lipinski definition) is 3. The zero-order valence-electron chi connectivity index (χ0n) is 11.5. The summed E-state index contributed by atoms with van der Waals surface area (Å²) in [6.45, 7) is 8.12. The van der Waals surface area contributed by atoms with E-state index in [0.29, 0.717) is 6.54 Å². The number of aryl methyl sites for hydroxylation is 1. The molecule has 0 spiro atoms. The van der Waals surface area contributed by atoms with Gasteiger partial charge in [0, 0.05) is 12.6 Å². The molecule has 0 heterocycles. The van der Waals surface area contributed by atoms with Crippen LogP contribution >= 0.6 is 0 Å².